The van der Waals surface area contributed by atoms with Crippen molar-refractivity contribution in [3.8, 4) is 0 Å². The van der Waals surface area contributed by atoms with Gasteiger partial charge in [-0.2, -0.15) is 0 Å². The van der Waals surface area contributed by atoms with Crippen LogP contribution in [0, 0.1) is 6.92 Å². The molecule has 1 aliphatic carbocycles. The molecule has 1 unspecified atom stereocenters. The standard InChI is InChI=1S/C17H28N2/c1-4-5-10-19(16-7-8-16)17-9-6-13(2)11-15(17)12-14(3)18/h6,9,11,14,16H,4-5,7-8,10,12,18H2,1-3H3. The Bertz CT molecular complexity index is 408. The van der Waals surface area contributed by atoms with E-state index in [0.717, 1.165) is 12.5 Å². The molecule has 1 aliphatic rings. The lowest BCUT2D eigenvalue weighted by Crippen LogP contribution is -2.29. The van der Waals surface area contributed by atoms with Crippen LogP contribution in [-0.2, 0) is 6.42 Å². The van der Waals surface area contributed by atoms with Gasteiger partial charge in [0.15, 0.2) is 0 Å². The molecule has 0 heterocycles. The summed E-state index contributed by atoms with van der Waals surface area (Å²) in [5.41, 5.74) is 10.2. The summed E-state index contributed by atoms with van der Waals surface area (Å²) in [5.74, 6) is 0. The Hall–Kier alpha value is -1.02. The van der Waals surface area contributed by atoms with Gasteiger partial charge < -0.3 is 10.6 Å². The first-order valence-corrected chi connectivity index (χ1v) is 7.73. The minimum atomic E-state index is 0.229. The molecule has 0 bridgehead atoms. The molecule has 1 atom stereocenters. The van der Waals surface area contributed by atoms with E-state index in [1.807, 2.05) is 0 Å². The highest BCUT2D eigenvalue weighted by molar-refractivity contribution is 5.57. The molecular weight excluding hydrogens is 232 g/mol. The maximum Gasteiger partial charge on any atom is 0.0402 e. The zero-order chi connectivity index (χ0) is 13.8. The van der Waals surface area contributed by atoms with Gasteiger partial charge in [0, 0.05) is 24.3 Å². The molecule has 0 saturated heterocycles. The first kappa shape index (κ1) is 14.4. The van der Waals surface area contributed by atoms with E-state index in [9.17, 15) is 0 Å². The number of aryl methyl sites for hydroxylation is 1. The van der Waals surface area contributed by atoms with Gasteiger partial charge >= 0.3 is 0 Å². The van der Waals surface area contributed by atoms with E-state index in [-0.39, 0.29) is 6.04 Å². The molecule has 0 aliphatic heterocycles. The number of rotatable bonds is 7. The number of benzene rings is 1. The number of anilines is 1. The van der Waals surface area contributed by atoms with Crippen LogP contribution >= 0.6 is 0 Å². The topological polar surface area (TPSA) is 29.3 Å². The minimum Gasteiger partial charge on any atom is -0.368 e. The van der Waals surface area contributed by atoms with E-state index >= 15 is 0 Å². The number of hydrogen-bond acceptors (Lipinski definition) is 2. The largest absolute Gasteiger partial charge is 0.368 e. The summed E-state index contributed by atoms with van der Waals surface area (Å²) < 4.78 is 0. The Morgan fingerprint density at radius 2 is 2.11 bits per heavy atom. The monoisotopic (exact) mass is 260 g/mol. The molecule has 1 saturated carbocycles. The zero-order valence-corrected chi connectivity index (χ0v) is 12.7. The molecule has 1 aromatic rings. The van der Waals surface area contributed by atoms with Crippen LogP contribution in [-0.4, -0.2) is 18.6 Å². The molecule has 1 aromatic carbocycles. The maximum absolute atomic E-state index is 6.02. The average molecular weight is 260 g/mol. The fraction of sp³-hybridized carbons (Fsp3) is 0.647. The summed E-state index contributed by atoms with van der Waals surface area (Å²) in [7, 11) is 0. The Morgan fingerprint density at radius 3 is 2.68 bits per heavy atom. The summed E-state index contributed by atoms with van der Waals surface area (Å²) in [6.07, 6.45) is 6.23. The van der Waals surface area contributed by atoms with Crippen molar-refractivity contribution in [1.82, 2.24) is 0 Å². The zero-order valence-electron chi connectivity index (χ0n) is 12.7. The molecule has 2 heteroatoms. The van der Waals surface area contributed by atoms with Crippen LogP contribution in [0.2, 0.25) is 0 Å². The van der Waals surface area contributed by atoms with Gasteiger partial charge in [0.25, 0.3) is 0 Å². The maximum atomic E-state index is 6.02. The first-order chi connectivity index (χ1) is 9.11. The van der Waals surface area contributed by atoms with Gasteiger partial charge in [-0.15, -0.1) is 0 Å². The Kier molecular flexibility index (Phi) is 4.87. The predicted molar refractivity (Wildman–Crippen MR) is 83.8 cm³/mol. The third-order valence-electron chi connectivity index (χ3n) is 3.83. The van der Waals surface area contributed by atoms with Crippen molar-refractivity contribution in [2.45, 2.75) is 65.0 Å². The second-order valence-corrected chi connectivity index (χ2v) is 6.09. The molecule has 2 N–H and O–H groups in total. The van der Waals surface area contributed by atoms with Crippen molar-refractivity contribution in [2.24, 2.45) is 5.73 Å². The van der Waals surface area contributed by atoms with Crippen LogP contribution in [0.15, 0.2) is 18.2 Å². The Balaban J connectivity index is 2.24. The fourth-order valence-corrected chi connectivity index (χ4v) is 2.72. The van der Waals surface area contributed by atoms with Gasteiger partial charge in [0.2, 0.25) is 0 Å². The number of nitrogens with two attached hydrogens (primary N) is 1. The summed E-state index contributed by atoms with van der Waals surface area (Å²) >= 11 is 0. The van der Waals surface area contributed by atoms with E-state index < -0.39 is 0 Å². The van der Waals surface area contributed by atoms with Crippen molar-refractivity contribution in [1.29, 1.82) is 0 Å². The lowest BCUT2D eigenvalue weighted by atomic mass is 10.0. The van der Waals surface area contributed by atoms with Crippen LogP contribution in [0.25, 0.3) is 0 Å². The van der Waals surface area contributed by atoms with Crippen molar-refractivity contribution < 1.29 is 0 Å². The molecule has 2 nitrogen and oxygen atoms in total. The highest BCUT2D eigenvalue weighted by Gasteiger charge is 2.29. The average Bonchev–Trinajstić information content (AvgIpc) is 3.15. The van der Waals surface area contributed by atoms with Gasteiger partial charge in [0.05, 0.1) is 0 Å². The van der Waals surface area contributed by atoms with E-state index in [1.54, 1.807) is 0 Å². The molecule has 0 amide bonds. The summed E-state index contributed by atoms with van der Waals surface area (Å²) in [5, 5.41) is 0. The van der Waals surface area contributed by atoms with E-state index in [2.05, 4.69) is 43.9 Å². The van der Waals surface area contributed by atoms with Gasteiger partial charge in [0.1, 0.15) is 0 Å². The second kappa shape index (κ2) is 6.42. The molecule has 0 radical (unpaired) electrons. The summed E-state index contributed by atoms with van der Waals surface area (Å²) in [6, 6.07) is 7.87. The van der Waals surface area contributed by atoms with Crippen molar-refractivity contribution in [2.75, 3.05) is 11.4 Å². The molecule has 1 fully saturated rings. The van der Waals surface area contributed by atoms with Crippen LogP contribution in [0.4, 0.5) is 5.69 Å². The third kappa shape index (κ3) is 3.97. The van der Waals surface area contributed by atoms with E-state index in [1.165, 1.54) is 49.0 Å². The second-order valence-electron chi connectivity index (χ2n) is 6.09. The summed E-state index contributed by atoms with van der Waals surface area (Å²) in [4.78, 5) is 2.63. The molecule has 19 heavy (non-hydrogen) atoms. The Labute approximate surface area is 118 Å². The van der Waals surface area contributed by atoms with Crippen LogP contribution in [0.1, 0.15) is 50.7 Å². The van der Waals surface area contributed by atoms with Crippen molar-refractivity contribution >= 4 is 5.69 Å². The van der Waals surface area contributed by atoms with E-state index in [4.69, 9.17) is 5.73 Å². The fourth-order valence-electron chi connectivity index (χ4n) is 2.72. The SMILES string of the molecule is CCCCN(c1ccc(C)cc1CC(C)N)C1CC1. The van der Waals surface area contributed by atoms with Crippen LogP contribution < -0.4 is 10.6 Å². The highest BCUT2D eigenvalue weighted by Crippen LogP contribution is 2.34. The quantitative estimate of drug-likeness (QED) is 0.811. The van der Waals surface area contributed by atoms with Gasteiger partial charge in [-0.25, -0.2) is 0 Å². The smallest absolute Gasteiger partial charge is 0.0402 e. The van der Waals surface area contributed by atoms with Gasteiger partial charge in [-0.05, 0) is 51.2 Å². The minimum absolute atomic E-state index is 0.229. The highest BCUT2D eigenvalue weighted by atomic mass is 15.2. The van der Waals surface area contributed by atoms with Crippen LogP contribution in [0.5, 0.6) is 0 Å². The number of hydrogen-bond donors (Lipinski definition) is 1. The van der Waals surface area contributed by atoms with Crippen LogP contribution in [0.3, 0.4) is 0 Å². The Morgan fingerprint density at radius 1 is 1.37 bits per heavy atom. The molecule has 0 aromatic heterocycles. The van der Waals surface area contributed by atoms with Gasteiger partial charge in [-0.1, -0.05) is 31.0 Å². The summed E-state index contributed by atoms with van der Waals surface area (Å²) in [6.45, 7) is 7.72. The number of nitrogens with zero attached hydrogens (tertiary/aromatic N) is 1. The van der Waals surface area contributed by atoms with Gasteiger partial charge in [-0.3, -0.25) is 0 Å². The molecule has 0 spiro atoms. The number of unbranched alkanes of at least 4 members (excludes halogenated alkanes) is 1. The predicted octanol–water partition coefficient (Wildman–Crippen LogP) is 3.65. The van der Waals surface area contributed by atoms with Crippen molar-refractivity contribution in [3.63, 3.8) is 0 Å². The molecule has 2 rings (SSSR count). The normalized spacial score (nSPS) is 16.4. The lowest BCUT2D eigenvalue weighted by molar-refractivity contribution is 0.696. The molecular formula is C17H28N2. The third-order valence-corrected chi connectivity index (χ3v) is 3.83. The first-order valence-electron chi connectivity index (χ1n) is 7.73. The lowest BCUT2D eigenvalue weighted by Gasteiger charge is -2.28. The molecule has 106 valence electrons. The van der Waals surface area contributed by atoms with E-state index in [0.29, 0.717) is 0 Å². The van der Waals surface area contributed by atoms with Crippen molar-refractivity contribution in [3.05, 3.63) is 29.3 Å².